The number of amides is 3. The molecule has 2 aromatic carbocycles. The highest BCUT2D eigenvalue weighted by molar-refractivity contribution is 5.99. The fourth-order valence-electron chi connectivity index (χ4n) is 7.33. The van der Waals surface area contributed by atoms with Crippen LogP contribution in [0.5, 0.6) is 0 Å². The van der Waals surface area contributed by atoms with E-state index < -0.39 is 47.7 Å². The lowest BCUT2D eigenvalue weighted by Gasteiger charge is -2.36. The molecule has 2 aromatic rings. The smallest absolute Gasteiger partial charge is 0.313 e. The van der Waals surface area contributed by atoms with Gasteiger partial charge in [-0.25, -0.2) is 0 Å². The summed E-state index contributed by atoms with van der Waals surface area (Å²) in [6, 6.07) is 16.9. The molecular weight excluding hydrogens is 602 g/mol. The number of ether oxygens (including phenoxy) is 3. The molecule has 2 saturated heterocycles. The molecule has 2 N–H and O–H groups in total. The largest absolute Gasteiger partial charge is 0.455 e. The standard InChI is InChI=1S/C36H41N3O8/c1-45-23-26-31(25-14-7-3-8-15-25)46-35(44)29-27-17-18-36(47-27)30(29)33(42)39(20-11-21-40)32(36)34(43)38(22-24-12-5-2-6-13-24)19-10-4-9-16-28(41)37-26/h2-8,10,12-15,17-18,26-27,29-32,40H,9,11,16,19-23H2,1H3,(H,37,41)/b10-4-/t26-,27+,29-,30-,31-,32+,36-/m1/s1. The number of allylic oxidation sites excluding steroid dienone is 1. The van der Waals surface area contributed by atoms with Crippen LogP contribution >= 0.6 is 0 Å². The van der Waals surface area contributed by atoms with Gasteiger partial charge in [-0.2, -0.15) is 0 Å². The van der Waals surface area contributed by atoms with Gasteiger partial charge < -0.3 is 34.4 Å². The Labute approximate surface area is 274 Å². The van der Waals surface area contributed by atoms with Crippen LogP contribution in [-0.4, -0.2) is 95.8 Å². The van der Waals surface area contributed by atoms with Gasteiger partial charge in [0.1, 0.15) is 23.7 Å². The van der Waals surface area contributed by atoms with Gasteiger partial charge in [-0.1, -0.05) is 85.0 Å². The lowest BCUT2D eigenvalue weighted by atomic mass is 9.74. The van der Waals surface area contributed by atoms with Crippen molar-refractivity contribution in [3.8, 4) is 0 Å². The van der Waals surface area contributed by atoms with Crippen molar-refractivity contribution >= 4 is 23.7 Å². The maximum atomic E-state index is 14.7. The van der Waals surface area contributed by atoms with E-state index in [1.54, 1.807) is 17.1 Å². The Bertz CT molecular complexity index is 1510. The molecule has 5 bridgehead atoms. The van der Waals surface area contributed by atoms with Crippen molar-refractivity contribution < 1.29 is 38.5 Å². The van der Waals surface area contributed by atoms with E-state index in [-0.39, 0.29) is 63.4 Å². The maximum absolute atomic E-state index is 14.7. The number of methoxy groups -OCH3 is 1. The van der Waals surface area contributed by atoms with Crippen LogP contribution in [0.2, 0.25) is 0 Å². The average molecular weight is 644 g/mol. The van der Waals surface area contributed by atoms with Crippen molar-refractivity contribution in [2.75, 3.05) is 33.4 Å². The zero-order valence-electron chi connectivity index (χ0n) is 26.4. The van der Waals surface area contributed by atoms with Gasteiger partial charge in [0.05, 0.1) is 24.7 Å². The SMILES string of the molecule is COC[C@H]1NC(=O)CC/C=C\CN(Cc2ccccc2)C(=O)[C@@H]2N(CCCO)C(=O)[C@H]3[C@H](C(=O)O[C@@H]1c1ccccc1)[C@@H]1C=C[C@]23O1. The minimum atomic E-state index is -1.38. The summed E-state index contributed by atoms with van der Waals surface area (Å²) in [4.78, 5) is 59.5. The molecule has 2 fully saturated rings. The molecule has 3 amide bonds. The molecule has 4 aliphatic rings. The van der Waals surface area contributed by atoms with Gasteiger partial charge in [0, 0.05) is 39.8 Å². The van der Waals surface area contributed by atoms with Crippen LogP contribution in [-0.2, 0) is 39.9 Å². The third kappa shape index (κ3) is 6.35. The Morgan fingerprint density at radius 1 is 1.00 bits per heavy atom. The van der Waals surface area contributed by atoms with Gasteiger partial charge in [0.25, 0.3) is 0 Å². The molecule has 0 saturated carbocycles. The molecule has 47 heavy (non-hydrogen) atoms. The zero-order chi connectivity index (χ0) is 33.0. The van der Waals surface area contributed by atoms with E-state index in [1.165, 1.54) is 12.0 Å². The van der Waals surface area contributed by atoms with Crippen LogP contribution in [0.1, 0.15) is 36.5 Å². The maximum Gasteiger partial charge on any atom is 0.313 e. The fourth-order valence-corrected chi connectivity index (χ4v) is 7.33. The normalized spacial score (nSPS) is 31.5. The molecule has 11 heteroatoms. The van der Waals surface area contributed by atoms with Crippen LogP contribution in [0.15, 0.2) is 85.0 Å². The Morgan fingerprint density at radius 2 is 1.74 bits per heavy atom. The van der Waals surface area contributed by atoms with E-state index in [1.807, 2.05) is 72.8 Å². The van der Waals surface area contributed by atoms with Gasteiger partial charge in [-0.05, 0) is 24.0 Å². The summed E-state index contributed by atoms with van der Waals surface area (Å²) in [6.07, 6.45) is 6.38. The highest BCUT2D eigenvalue weighted by Crippen LogP contribution is 2.56. The van der Waals surface area contributed by atoms with Crippen molar-refractivity contribution in [2.24, 2.45) is 11.8 Å². The number of aliphatic hydroxyl groups excluding tert-OH is 1. The molecule has 0 aromatic heterocycles. The molecule has 0 radical (unpaired) electrons. The first-order valence-electron chi connectivity index (χ1n) is 16.2. The van der Waals surface area contributed by atoms with Crippen molar-refractivity contribution in [1.29, 1.82) is 0 Å². The molecule has 11 nitrogen and oxygen atoms in total. The second-order valence-corrected chi connectivity index (χ2v) is 12.4. The van der Waals surface area contributed by atoms with E-state index in [0.717, 1.165) is 5.56 Å². The monoisotopic (exact) mass is 643 g/mol. The van der Waals surface area contributed by atoms with Crippen LogP contribution < -0.4 is 5.32 Å². The van der Waals surface area contributed by atoms with Crippen molar-refractivity contribution in [3.05, 3.63) is 96.1 Å². The summed E-state index contributed by atoms with van der Waals surface area (Å²) in [5.41, 5.74) is 0.180. The molecule has 0 unspecified atom stereocenters. The fraction of sp³-hybridized carbons (Fsp3) is 0.444. The second kappa shape index (κ2) is 14.2. The number of hydrogen-bond acceptors (Lipinski definition) is 8. The summed E-state index contributed by atoms with van der Waals surface area (Å²) in [6.45, 7) is 0.535. The Morgan fingerprint density at radius 3 is 2.47 bits per heavy atom. The summed E-state index contributed by atoms with van der Waals surface area (Å²) < 4.78 is 18.2. The van der Waals surface area contributed by atoms with Crippen molar-refractivity contribution in [1.82, 2.24) is 15.1 Å². The first kappa shape index (κ1) is 32.6. The number of carbonyl (C=O) groups is 4. The molecule has 0 aliphatic carbocycles. The minimum Gasteiger partial charge on any atom is -0.455 e. The van der Waals surface area contributed by atoms with Gasteiger partial charge >= 0.3 is 5.97 Å². The van der Waals surface area contributed by atoms with E-state index in [2.05, 4.69) is 5.32 Å². The molecule has 6 rings (SSSR count). The quantitative estimate of drug-likeness (QED) is 0.331. The lowest BCUT2D eigenvalue weighted by molar-refractivity contribution is -0.162. The molecular formula is C36H41N3O8. The number of rotatable bonds is 8. The van der Waals surface area contributed by atoms with Gasteiger partial charge in [0.2, 0.25) is 17.7 Å². The number of carbonyl (C=O) groups excluding carboxylic acids is 4. The molecule has 248 valence electrons. The third-order valence-corrected chi connectivity index (χ3v) is 9.42. The third-order valence-electron chi connectivity index (χ3n) is 9.42. The first-order chi connectivity index (χ1) is 22.9. The Balaban J connectivity index is 1.42. The van der Waals surface area contributed by atoms with E-state index >= 15 is 0 Å². The van der Waals surface area contributed by atoms with E-state index in [9.17, 15) is 24.3 Å². The van der Waals surface area contributed by atoms with Crippen LogP contribution in [0, 0.1) is 11.8 Å². The highest BCUT2D eigenvalue weighted by Gasteiger charge is 2.73. The Kier molecular flexibility index (Phi) is 9.86. The molecule has 7 atom stereocenters. The predicted molar refractivity (Wildman–Crippen MR) is 170 cm³/mol. The topological polar surface area (TPSA) is 135 Å². The zero-order valence-corrected chi connectivity index (χ0v) is 26.4. The Hall–Kier alpha value is -4.32. The van der Waals surface area contributed by atoms with Crippen molar-refractivity contribution in [2.45, 2.75) is 55.7 Å². The number of fused-ring (bicyclic) bond motifs is 2. The summed E-state index contributed by atoms with van der Waals surface area (Å²) in [5, 5.41) is 12.7. The van der Waals surface area contributed by atoms with Crippen LogP contribution in [0.25, 0.3) is 0 Å². The average Bonchev–Trinajstić information content (AvgIpc) is 3.72. The number of nitrogens with one attached hydrogen (secondary N) is 1. The number of likely N-dealkylation sites (tertiary alicyclic amines) is 1. The highest BCUT2D eigenvalue weighted by atomic mass is 16.6. The molecule has 1 spiro atoms. The summed E-state index contributed by atoms with van der Waals surface area (Å²) in [5.74, 6) is -3.64. The number of cyclic esters (lactones) is 1. The minimum absolute atomic E-state index is 0.0746. The number of aliphatic hydroxyl groups is 1. The van der Waals surface area contributed by atoms with E-state index in [0.29, 0.717) is 12.0 Å². The second-order valence-electron chi connectivity index (χ2n) is 12.4. The van der Waals surface area contributed by atoms with Crippen LogP contribution in [0.3, 0.4) is 0 Å². The summed E-state index contributed by atoms with van der Waals surface area (Å²) >= 11 is 0. The van der Waals surface area contributed by atoms with Gasteiger partial charge in [0.15, 0.2) is 0 Å². The van der Waals surface area contributed by atoms with Crippen molar-refractivity contribution in [3.63, 3.8) is 0 Å². The van der Waals surface area contributed by atoms with Gasteiger partial charge in [-0.15, -0.1) is 0 Å². The van der Waals surface area contributed by atoms with Crippen LogP contribution in [0.4, 0.5) is 0 Å². The first-order valence-corrected chi connectivity index (χ1v) is 16.2. The van der Waals surface area contributed by atoms with E-state index in [4.69, 9.17) is 14.2 Å². The number of nitrogens with zero attached hydrogens (tertiary/aromatic N) is 2. The predicted octanol–water partition coefficient (Wildman–Crippen LogP) is 2.31. The number of esters is 1. The summed E-state index contributed by atoms with van der Waals surface area (Å²) in [7, 11) is 1.51. The molecule has 4 heterocycles. The lowest BCUT2D eigenvalue weighted by Crippen LogP contribution is -2.55. The van der Waals surface area contributed by atoms with Gasteiger partial charge in [-0.3, -0.25) is 19.2 Å². The number of benzene rings is 2. The molecule has 4 aliphatic heterocycles. The number of hydrogen-bond donors (Lipinski definition) is 2.